The van der Waals surface area contributed by atoms with Crippen LogP contribution in [0.25, 0.3) is 0 Å². The lowest BCUT2D eigenvalue weighted by Gasteiger charge is -2.37. The highest BCUT2D eigenvalue weighted by atomic mass is 16.5. The molecule has 0 spiro atoms. The van der Waals surface area contributed by atoms with Gasteiger partial charge in [0.15, 0.2) is 17.5 Å². The van der Waals surface area contributed by atoms with Gasteiger partial charge in [-0.15, -0.1) is 0 Å². The van der Waals surface area contributed by atoms with Crippen LogP contribution in [0.5, 0.6) is 11.5 Å². The van der Waals surface area contributed by atoms with Crippen LogP contribution < -0.4 is 20.1 Å². The summed E-state index contributed by atoms with van der Waals surface area (Å²) in [5.74, 6) is 2.41. The van der Waals surface area contributed by atoms with Crippen LogP contribution >= 0.6 is 0 Å². The van der Waals surface area contributed by atoms with Gasteiger partial charge in [-0.25, -0.2) is 0 Å². The van der Waals surface area contributed by atoms with Crippen LogP contribution in [-0.4, -0.2) is 63.8 Å². The van der Waals surface area contributed by atoms with Crippen molar-refractivity contribution in [2.24, 2.45) is 4.99 Å². The van der Waals surface area contributed by atoms with Gasteiger partial charge in [-0.2, -0.15) is 0 Å². The van der Waals surface area contributed by atoms with Crippen molar-refractivity contribution >= 4 is 5.96 Å². The molecule has 0 bridgehead atoms. The van der Waals surface area contributed by atoms with Crippen molar-refractivity contribution in [2.75, 3.05) is 40.9 Å². The number of nitrogens with one attached hydrogen (secondary N) is 2. The molecule has 1 aliphatic carbocycles. The Bertz CT molecular complexity index is 705. The molecule has 0 unspecified atom stereocenters. The van der Waals surface area contributed by atoms with E-state index >= 15 is 0 Å². The van der Waals surface area contributed by atoms with E-state index in [2.05, 4.69) is 46.5 Å². The number of aliphatic imine (C=N–C) groups is 1. The van der Waals surface area contributed by atoms with Crippen molar-refractivity contribution in [3.63, 3.8) is 0 Å². The van der Waals surface area contributed by atoms with Gasteiger partial charge in [-0.05, 0) is 43.4 Å². The Balaban J connectivity index is 1.51. The molecule has 0 amide bonds. The number of piperidine rings is 1. The van der Waals surface area contributed by atoms with Crippen LogP contribution in [0.3, 0.4) is 0 Å². The molecule has 1 aromatic rings. The fourth-order valence-electron chi connectivity index (χ4n) is 4.73. The average Bonchev–Trinajstić information content (AvgIpc) is 3.31. The second-order valence-electron chi connectivity index (χ2n) is 9.27. The van der Waals surface area contributed by atoms with Crippen molar-refractivity contribution in [3.8, 4) is 11.5 Å². The van der Waals surface area contributed by atoms with E-state index < -0.39 is 0 Å². The molecule has 6 heteroatoms. The standard InChI is InChI=1S/C24H40N4O2/c1-24(2,18-10-11-21(29-4)22(16-18)30-5)17-26-23(25-3)27-19-12-14-28(15-13-19)20-8-6-7-9-20/h10-11,16,19-20H,6-9,12-15,17H2,1-5H3,(H2,25,26,27). The molecule has 2 aliphatic rings. The van der Waals surface area contributed by atoms with Gasteiger partial charge < -0.3 is 25.0 Å². The quantitative estimate of drug-likeness (QED) is 0.526. The Hall–Kier alpha value is -1.95. The maximum Gasteiger partial charge on any atom is 0.191 e. The summed E-state index contributed by atoms with van der Waals surface area (Å²) in [6.45, 7) is 7.65. The van der Waals surface area contributed by atoms with Crippen LogP contribution in [0, 0.1) is 0 Å². The number of methoxy groups -OCH3 is 2. The summed E-state index contributed by atoms with van der Waals surface area (Å²) in [5, 5.41) is 7.19. The maximum atomic E-state index is 5.48. The van der Waals surface area contributed by atoms with Crippen LogP contribution in [0.2, 0.25) is 0 Å². The summed E-state index contributed by atoms with van der Waals surface area (Å²) in [4.78, 5) is 7.18. The molecule has 0 aromatic heterocycles. The highest BCUT2D eigenvalue weighted by Gasteiger charge is 2.28. The summed E-state index contributed by atoms with van der Waals surface area (Å²) < 4.78 is 10.9. The van der Waals surface area contributed by atoms with Crippen molar-refractivity contribution < 1.29 is 9.47 Å². The molecular weight excluding hydrogens is 376 g/mol. The Morgan fingerprint density at radius 3 is 2.33 bits per heavy atom. The molecular formula is C24H40N4O2. The molecule has 0 atom stereocenters. The third kappa shape index (κ3) is 5.60. The van der Waals surface area contributed by atoms with E-state index in [1.807, 2.05) is 13.1 Å². The van der Waals surface area contributed by atoms with E-state index in [4.69, 9.17) is 9.47 Å². The van der Waals surface area contributed by atoms with E-state index in [9.17, 15) is 0 Å². The van der Waals surface area contributed by atoms with Gasteiger partial charge in [0.25, 0.3) is 0 Å². The Kier molecular flexibility index (Phi) is 7.87. The predicted molar refractivity (Wildman–Crippen MR) is 124 cm³/mol. The van der Waals surface area contributed by atoms with Gasteiger partial charge in [-0.3, -0.25) is 4.99 Å². The van der Waals surface area contributed by atoms with Gasteiger partial charge in [-0.1, -0.05) is 32.8 Å². The average molecular weight is 417 g/mol. The second kappa shape index (κ2) is 10.4. The Morgan fingerprint density at radius 2 is 1.73 bits per heavy atom. The molecule has 2 N–H and O–H groups in total. The molecule has 1 aromatic carbocycles. The molecule has 0 radical (unpaired) electrons. The van der Waals surface area contributed by atoms with Crippen molar-refractivity contribution in [1.82, 2.24) is 15.5 Å². The number of hydrogen-bond donors (Lipinski definition) is 2. The first kappa shape index (κ1) is 22.7. The molecule has 2 fully saturated rings. The van der Waals surface area contributed by atoms with Crippen molar-refractivity contribution in [1.29, 1.82) is 0 Å². The molecule has 1 saturated carbocycles. The maximum absolute atomic E-state index is 5.48. The molecule has 1 heterocycles. The second-order valence-corrected chi connectivity index (χ2v) is 9.27. The third-order valence-electron chi connectivity index (χ3n) is 6.80. The molecule has 1 saturated heterocycles. The summed E-state index contributed by atoms with van der Waals surface area (Å²) in [6, 6.07) is 7.48. The number of rotatable bonds is 7. The number of guanidine groups is 1. The summed E-state index contributed by atoms with van der Waals surface area (Å²) in [6.07, 6.45) is 8.00. The van der Waals surface area contributed by atoms with E-state index in [1.165, 1.54) is 57.2 Å². The zero-order valence-corrected chi connectivity index (χ0v) is 19.5. The van der Waals surface area contributed by atoms with Gasteiger partial charge in [0, 0.05) is 44.2 Å². The first-order valence-corrected chi connectivity index (χ1v) is 11.4. The lowest BCUT2D eigenvalue weighted by atomic mass is 9.84. The summed E-state index contributed by atoms with van der Waals surface area (Å²) in [7, 11) is 5.20. The monoisotopic (exact) mass is 416 g/mol. The van der Waals surface area contributed by atoms with Gasteiger partial charge in [0.1, 0.15) is 0 Å². The number of hydrogen-bond acceptors (Lipinski definition) is 4. The van der Waals surface area contributed by atoms with E-state index in [0.717, 1.165) is 30.0 Å². The lowest BCUT2D eigenvalue weighted by Crippen LogP contribution is -2.51. The minimum absolute atomic E-state index is 0.0803. The fraction of sp³-hybridized carbons (Fsp3) is 0.708. The van der Waals surface area contributed by atoms with Gasteiger partial charge in [0.2, 0.25) is 0 Å². The number of benzene rings is 1. The van der Waals surface area contributed by atoms with Gasteiger partial charge in [0.05, 0.1) is 14.2 Å². The number of nitrogens with zero attached hydrogens (tertiary/aromatic N) is 2. The molecule has 30 heavy (non-hydrogen) atoms. The van der Waals surface area contributed by atoms with E-state index in [0.29, 0.717) is 6.04 Å². The van der Waals surface area contributed by atoms with E-state index in [-0.39, 0.29) is 5.41 Å². The summed E-state index contributed by atoms with van der Waals surface area (Å²) >= 11 is 0. The van der Waals surface area contributed by atoms with Crippen LogP contribution in [0.1, 0.15) is 57.9 Å². The smallest absolute Gasteiger partial charge is 0.191 e. The fourth-order valence-corrected chi connectivity index (χ4v) is 4.73. The minimum atomic E-state index is -0.0803. The first-order valence-electron chi connectivity index (χ1n) is 11.4. The molecule has 6 nitrogen and oxygen atoms in total. The number of likely N-dealkylation sites (tertiary alicyclic amines) is 1. The Labute approximate surface area is 182 Å². The zero-order valence-electron chi connectivity index (χ0n) is 19.5. The third-order valence-corrected chi connectivity index (χ3v) is 6.80. The highest BCUT2D eigenvalue weighted by Crippen LogP contribution is 2.33. The van der Waals surface area contributed by atoms with Crippen molar-refractivity contribution in [3.05, 3.63) is 23.8 Å². The topological polar surface area (TPSA) is 58.1 Å². The minimum Gasteiger partial charge on any atom is -0.493 e. The number of ether oxygens (including phenoxy) is 2. The van der Waals surface area contributed by atoms with Crippen LogP contribution in [-0.2, 0) is 5.41 Å². The molecule has 1 aliphatic heterocycles. The van der Waals surface area contributed by atoms with Crippen LogP contribution in [0.15, 0.2) is 23.2 Å². The van der Waals surface area contributed by atoms with E-state index in [1.54, 1.807) is 14.2 Å². The Morgan fingerprint density at radius 1 is 1.07 bits per heavy atom. The van der Waals surface area contributed by atoms with Crippen LogP contribution in [0.4, 0.5) is 0 Å². The summed E-state index contributed by atoms with van der Waals surface area (Å²) in [5.41, 5.74) is 1.12. The van der Waals surface area contributed by atoms with Gasteiger partial charge >= 0.3 is 0 Å². The highest BCUT2D eigenvalue weighted by molar-refractivity contribution is 5.80. The molecule has 168 valence electrons. The zero-order chi connectivity index (χ0) is 21.6. The normalized spacial score (nSPS) is 19.7. The molecule has 3 rings (SSSR count). The predicted octanol–water partition coefficient (Wildman–Crippen LogP) is 3.55. The lowest BCUT2D eigenvalue weighted by molar-refractivity contribution is 0.150. The van der Waals surface area contributed by atoms with Crippen molar-refractivity contribution in [2.45, 2.75) is 69.9 Å². The SMILES string of the molecule is CN=C(NCC(C)(C)c1ccc(OC)c(OC)c1)NC1CCN(C2CCCC2)CC1. The largest absolute Gasteiger partial charge is 0.493 e. The first-order chi connectivity index (χ1) is 14.5.